The second-order valence-electron chi connectivity index (χ2n) is 5.41. The van der Waals surface area contributed by atoms with Crippen molar-refractivity contribution in [2.45, 2.75) is 6.54 Å². The molecule has 0 unspecified atom stereocenters. The number of methoxy groups -OCH3 is 1. The standard InChI is InChI=1S/C16H16ClN3O5S/c1-19(8-10-7-11(20(23)24)3-4-12(10)17)9-14(21)18-13-5-6-26-15(13)16(22)25-2/h3-7H,8-9H2,1-2H3,(H,18,21). The van der Waals surface area contributed by atoms with Crippen molar-refractivity contribution in [2.75, 3.05) is 26.0 Å². The number of hydrogen-bond donors (Lipinski definition) is 1. The van der Waals surface area contributed by atoms with Gasteiger partial charge in [-0.2, -0.15) is 0 Å². The molecule has 0 aliphatic carbocycles. The van der Waals surface area contributed by atoms with E-state index in [1.165, 1.54) is 36.6 Å². The van der Waals surface area contributed by atoms with Crippen molar-refractivity contribution in [3.8, 4) is 0 Å². The zero-order valence-corrected chi connectivity index (χ0v) is 15.6. The maximum atomic E-state index is 12.2. The molecule has 1 amide bonds. The molecule has 138 valence electrons. The Bertz CT molecular complexity index is 839. The highest BCUT2D eigenvalue weighted by Crippen LogP contribution is 2.24. The van der Waals surface area contributed by atoms with E-state index in [9.17, 15) is 19.7 Å². The summed E-state index contributed by atoms with van der Waals surface area (Å²) in [5, 5.41) is 15.6. The van der Waals surface area contributed by atoms with Gasteiger partial charge in [0.15, 0.2) is 0 Å². The number of carbonyl (C=O) groups excluding carboxylic acids is 2. The third kappa shape index (κ3) is 5.01. The molecule has 2 rings (SSSR count). The van der Waals surface area contributed by atoms with Gasteiger partial charge in [-0.3, -0.25) is 19.8 Å². The van der Waals surface area contributed by atoms with E-state index in [0.717, 1.165) is 0 Å². The number of amides is 1. The largest absolute Gasteiger partial charge is 0.465 e. The maximum Gasteiger partial charge on any atom is 0.350 e. The summed E-state index contributed by atoms with van der Waals surface area (Å²) in [5.74, 6) is -0.857. The predicted octanol–water partition coefficient (Wildman–Crippen LogP) is 3.17. The van der Waals surface area contributed by atoms with Gasteiger partial charge in [0.25, 0.3) is 5.69 Å². The Hall–Kier alpha value is -2.49. The van der Waals surface area contributed by atoms with Crippen molar-refractivity contribution in [3.63, 3.8) is 0 Å². The van der Waals surface area contributed by atoms with Crippen LogP contribution >= 0.6 is 22.9 Å². The lowest BCUT2D eigenvalue weighted by atomic mass is 10.2. The van der Waals surface area contributed by atoms with E-state index in [2.05, 4.69) is 10.1 Å². The van der Waals surface area contributed by atoms with Gasteiger partial charge in [-0.25, -0.2) is 4.79 Å². The summed E-state index contributed by atoms with van der Waals surface area (Å²) in [4.78, 5) is 36.1. The molecule has 0 radical (unpaired) electrons. The lowest BCUT2D eigenvalue weighted by Crippen LogP contribution is -2.30. The molecule has 0 fully saturated rings. The molecule has 0 saturated heterocycles. The zero-order valence-electron chi connectivity index (χ0n) is 14.0. The minimum atomic E-state index is -0.521. The molecule has 0 aliphatic rings. The number of nitro groups is 1. The molecule has 0 atom stereocenters. The van der Waals surface area contributed by atoms with Crippen LogP contribution < -0.4 is 5.32 Å². The number of nitro benzene ring substituents is 1. The van der Waals surface area contributed by atoms with Crippen molar-refractivity contribution >= 4 is 46.2 Å². The lowest BCUT2D eigenvalue weighted by Gasteiger charge is -2.17. The van der Waals surface area contributed by atoms with Crippen LogP contribution in [0.25, 0.3) is 0 Å². The number of anilines is 1. The van der Waals surface area contributed by atoms with E-state index >= 15 is 0 Å². The van der Waals surface area contributed by atoms with Gasteiger partial charge in [-0.05, 0) is 30.1 Å². The van der Waals surface area contributed by atoms with Crippen LogP contribution in [-0.2, 0) is 16.1 Å². The first kappa shape index (κ1) is 19.8. The Morgan fingerprint density at radius 1 is 1.38 bits per heavy atom. The Morgan fingerprint density at radius 2 is 2.12 bits per heavy atom. The van der Waals surface area contributed by atoms with E-state index in [1.54, 1.807) is 23.4 Å². The fourth-order valence-corrected chi connectivity index (χ4v) is 3.18. The van der Waals surface area contributed by atoms with E-state index in [4.69, 9.17) is 11.6 Å². The Balaban J connectivity index is 2.00. The van der Waals surface area contributed by atoms with E-state index in [1.807, 2.05) is 0 Å². The van der Waals surface area contributed by atoms with Crippen LogP contribution in [0.1, 0.15) is 15.2 Å². The van der Waals surface area contributed by atoms with Crippen LogP contribution in [0.3, 0.4) is 0 Å². The van der Waals surface area contributed by atoms with Crippen LogP contribution in [-0.4, -0.2) is 42.4 Å². The third-order valence-corrected chi connectivity index (χ3v) is 4.67. The van der Waals surface area contributed by atoms with E-state index in [0.29, 0.717) is 21.2 Å². The number of non-ortho nitro benzene ring substituents is 1. The topological polar surface area (TPSA) is 102 Å². The summed E-state index contributed by atoms with van der Waals surface area (Å²) in [6.07, 6.45) is 0. The molecule has 0 bridgehead atoms. The Kier molecular flexibility index (Phi) is 6.67. The first-order valence-corrected chi connectivity index (χ1v) is 8.64. The van der Waals surface area contributed by atoms with Crippen LogP contribution in [0, 0.1) is 10.1 Å². The highest BCUT2D eigenvalue weighted by molar-refractivity contribution is 7.12. The summed E-state index contributed by atoms with van der Waals surface area (Å²) in [7, 11) is 2.95. The van der Waals surface area contributed by atoms with Crippen LogP contribution in [0.5, 0.6) is 0 Å². The summed E-state index contributed by atoms with van der Waals surface area (Å²) in [5.41, 5.74) is 0.860. The average Bonchev–Trinajstić information content (AvgIpc) is 3.03. The molecule has 1 N–H and O–H groups in total. The van der Waals surface area contributed by atoms with Crippen molar-refractivity contribution < 1.29 is 19.2 Å². The smallest absolute Gasteiger partial charge is 0.350 e. The van der Waals surface area contributed by atoms with Gasteiger partial charge in [0.1, 0.15) is 4.88 Å². The fraction of sp³-hybridized carbons (Fsp3) is 0.250. The van der Waals surface area contributed by atoms with Gasteiger partial charge in [-0.15, -0.1) is 11.3 Å². The lowest BCUT2D eigenvalue weighted by molar-refractivity contribution is -0.384. The highest BCUT2D eigenvalue weighted by Gasteiger charge is 2.17. The summed E-state index contributed by atoms with van der Waals surface area (Å²) in [6.45, 7) is 0.261. The number of benzene rings is 1. The first-order chi connectivity index (χ1) is 12.3. The molecular weight excluding hydrogens is 382 g/mol. The molecule has 1 aromatic carbocycles. The second-order valence-corrected chi connectivity index (χ2v) is 6.73. The van der Waals surface area contributed by atoms with Crippen molar-refractivity contribution in [1.82, 2.24) is 4.90 Å². The molecular formula is C16H16ClN3O5S. The number of hydrogen-bond acceptors (Lipinski definition) is 7. The third-order valence-electron chi connectivity index (χ3n) is 3.40. The van der Waals surface area contributed by atoms with Crippen LogP contribution in [0.2, 0.25) is 5.02 Å². The molecule has 8 nitrogen and oxygen atoms in total. The number of carbonyl (C=O) groups is 2. The molecule has 1 heterocycles. The van der Waals surface area contributed by atoms with Crippen molar-refractivity contribution in [1.29, 1.82) is 0 Å². The predicted molar refractivity (Wildman–Crippen MR) is 98.7 cm³/mol. The number of nitrogens with zero attached hydrogens (tertiary/aromatic N) is 2. The number of likely N-dealkylation sites (N-methyl/N-ethyl adjacent to an activating group) is 1. The van der Waals surface area contributed by atoms with Gasteiger partial charge in [0.05, 0.1) is 24.3 Å². The van der Waals surface area contributed by atoms with Crippen LogP contribution in [0.4, 0.5) is 11.4 Å². The fourth-order valence-electron chi connectivity index (χ4n) is 2.24. The Labute approximate surface area is 158 Å². The molecule has 1 aromatic heterocycles. The molecule has 0 spiro atoms. The number of thiophene rings is 1. The molecule has 0 aliphatic heterocycles. The van der Waals surface area contributed by atoms with Gasteiger partial charge >= 0.3 is 5.97 Å². The number of halogens is 1. The zero-order chi connectivity index (χ0) is 19.3. The Morgan fingerprint density at radius 3 is 2.77 bits per heavy atom. The number of esters is 1. The molecule has 26 heavy (non-hydrogen) atoms. The molecule has 0 saturated carbocycles. The normalized spacial score (nSPS) is 10.6. The maximum absolute atomic E-state index is 12.2. The first-order valence-electron chi connectivity index (χ1n) is 7.39. The average molecular weight is 398 g/mol. The van der Waals surface area contributed by atoms with Gasteiger partial charge in [0, 0.05) is 23.7 Å². The van der Waals surface area contributed by atoms with Crippen molar-refractivity contribution in [3.05, 3.63) is 55.2 Å². The van der Waals surface area contributed by atoms with Gasteiger partial charge in [-0.1, -0.05) is 11.6 Å². The minimum absolute atomic E-state index is 0.00940. The quantitative estimate of drug-likeness (QED) is 0.437. The summed E-state index contributed by atoms with van der Waals surface area (Å²) in [6, 6.07) is 5.78. The monoisotopic (exact) mass is 397 g/mol. The highest BCUT2D eigenvalue weighted by atomic mass is 35.5. The SMILES string of the molecule is COC(=O)c1sccc1NC(=O)CN(C)Cc1cc([N+](=O)[O-])ccc1Cl. The number of rotatable bonds is 7. The van der Waals surface area contributed by atoms with Crippen molar-refractivity contribution in [2.24, 2.45) is 0 Å². The number of nitrogens with one attached hydrogen (secondary N) is 1. The molecule has 2 aromatic rings. The second kappa shape index (κ2) is 8.75. The number of ether oxygens (including phenoxy) is 1. The minimum Gasteiger partial charge on any atom is -0.465 e. The van der Waals surface area contributed by atoms with Gasteiger partial charge in [0.2, 0.25) is 5.91 Å². The molecule has 10 heteroatoms. The van der Waals surface area contributed by atoms with Crippen LogP contribution in [0.15, 0.2) is 29.6 Å². The van der Waals surface area contributed by atoms with E-state index in [-0.39, 0.29) is 24.7 Å². The summed E-state index contributed by atoms with van der Waals surface area (Å²) >= 11 is 7.24. The van der Waals surface area contributed by atoms with E-state index < -0.39 is 10.9 Å². The van der Waals surface area contributed by atoms with Gasteiger partial charge < -0.3 is 10.1 Å². The summed E-state index contributed by atoms with van der Waals surface area (Å²) < 4.78 is 4.66.